The fraction of sp³-hybridized carbons (Fsp3) is 0.667. The third kappa shape index (κ3) is 2.96. The predicted molar refractivity (Wildman–Crippen MR) is 91.3 cm³/mol. The zero-order valence-corrected chi connectivity index (χ0v) is 14.7. The number of rotatable bonds is 3. The molecule has 3 aliphatic rings. The van der Waals surface area contributed by atoms with Crippen LogP contribution in [0.15, 0.2) is 10.9 Å². The van der Waals surface area contributed by atoms with Crippen molar-refractivity contribution in [3.8, 4) is 0 Å². The molecule has 7 heteroatoms. The first-order valence-corrected chi connectivity index (χ1v) is 9.07. The first kappa shape index (κ1) is 16.3. The highest BCUT2D eigenvalue weighted by molar-refractivity contribution is 5.92. The maximum absolute atomic E-state index is 12.7. The number of β-lactam (4-membered cyclic amide) rings is 1. The van der Waals surface area contributed by atoms with Gasteiger partial charge in [-0.25, -0.2) is 4.98 Å². The number of nitrogens with one attached hydrogen (secondary N) is 1. The molecule has 0 atom stereocenters. The van der Waals surface area contributed by atoms with Gasteiger partial charge in [-0.05, 0) is 39.5 Å². The summed E-state index contributed by atoms with van der Waals surface area (Å²) < 4.78 is 0. The van der Waals surface area contributed by atoms with Crippen LogP contribution < -0.4 is 5.56 Å². The van der Waals surface area contributed by atoms with Crippen LogP contribution in [0.3, 0.4) is 0 Å². The molecular formula is C18H24N4O3. The van der Waals surface area contributed by atoms with Gasteiger partial charge in [-0.1, -0.05) is 0 Å². The molecule has 0 unspecified atom stereocenters. The van der Waals surface area contributed by atoms with Gasteiger partial charge in [0.2, 0.25) is 5.91 Å². The average molecular weight is 344 g/mol. The van der Waals surface area contributed by atoms with Crippen LogP contribution in [0.2, 0.25) is 0 Å². The van der Waals surface area contributed by atoms with Gasteiger partial charge >= 0.3 is 0 Å². The van der Waals surface area contributed by atoms with Crippen LogP contribution in [0.1, 0.15) is 61.8 Å². The number of piperidine rings is 1. The molecule has 25 heavy (non-hydrogen) atoms. The van der Waals surface area contributed by atoms with Crippen molar-refractivity contribution in [2.24, 2.45) is 5.41 Å². The summed E-state index contributed by atoms with van der Waals surface area (Å²) in [6.07, 6.45) is 3.61. The number of amides is 2. The van der Waals surface area contributed by atoms with E-state index in [1.165, 1.54) is 6.07 Å². The van der Waals surface area contributed by atoms with E-state index in [9.17, 15) is 14.4 Å². The van der Waals surface area contributed by atoms with Crippen molar-refractivity contribution < 1.29 is 9.59 Å². The van der Waals surface area contributed by atoms with Crippen LogP contribution >= 0.6 is 0 Å². The summed E-state index contributed by atoms with van der Waals surface area (Å²) in [6.45, 7) is 5.94. The van der Waals surface area contributed by atoms with E-state index in [2.05, 4.69) is 9.97 Å². The zero-order chi connectivity index (χ0) is 17.8. The molecule has 0 aromatic carbocycles. The first-order valence-electron chi connectivity index (χ1n) is 9.07. The Bertz CT molecular complexity index is 773. The Labute approximate surface area is 146 Å². The van der Waals surface area contributed by atoms with Gasteiger partial charge in [0.25, 0.3) is 11.5 Å². The second kappa shape index (κ2) is 5.68. The van der Waals surface area contributed by atoms with Crippen LogP contribution in [0.25, 0.3) is 0 Å². The summed E-state index contributed by atoms with van der Waals surface area (Å²) in [5.41, 5.74) is -0.255. The Morgan fingerprint density at radius 3 is 2.44 bits per heavy atom. The number of carbonyl (C=O) groups excluding carboxylic acids is 2. The highest BCUT2D eigenvalue weighted by atomic mass is 16.2. The number of aromatic nitrogens is 2. The maximum Gasteiger partial charge on any atom is 0.272 e. The zero-order valence-electron chi connectivity index (χ0n) is 14.7. The van der Waals surface area contributed by atoms with Crippen molar-refractivity contribution in [2.45, 2.75) is 51.5 Å². The van der Waals surface area contributed by atoms with Crippen LogP contribution in [0.4, 0.5) is 0 Å². The molecule has 3 heterocycles. The number of H-pyrrole nitrogens is 1. The minimum Gasteiger partial charge on any atom is -0.338 e. The lowest BCUT2D eigenvalue weighted by Crippen LogP contribution is -2.63. The number of nitrogens with zero attached hydrogens (tertiary/aromatic N) is 3. The smallest absolute Gasteiger partial charge is 0.272 e. The standard InChI is InChI=1S/C18H24N4O3/c1-18(2)10-22(17(18)25)12-5-7-21(8-6-12)16(24)13-9-14(23)20-15(19-13)11-3-4-11/h9,11-12H,3-8,10H2,1-2H3,(H,19,20,23). The summed E-state index contributed by atoms with van der Waals surface area (Å²) in [4.78, 5) is 47.5. The molecule has 1 aliphatic carbocycles. The van der Waals surface area contributed by atoms with Crippen LogP contribution in [0.5, 0.6) is 0 Å². The SMILES string of the molecule is CC1(C)CN(C2CCN(C(=O)c3cc(=O)[nH]c(C4CC4)n3)CC2)C1=O. The van der Waals surface area contributed by atoms with Crippen LogP contribution in [-0.2, 0) is 4.79 Å². The third-order valence-electron chi connectivity index (χ3n) is 5.54. The van der Waals surface area contributed by atoms with Gasteiger partial charge in [0.15, 0.2) is 0 Å². The number of carbonyl (C=O) groups is 2. The summed E-state index contributed by atoms with van der Waals surface area (Å²) in [5.74, 6) is 0.968. The van der Waals surface area contributed by atoms with E-state index in [-0.39, 0.29) is 34.5 Å². The molecular weight excluding hydrogens is 320 g/mol. The summed E-state index contributed by atoms with van der Waals surface area (Å²) in [7, 11) is 0. The highest BCUT2D eigenvalue weighted by Gasteiger charge is 2.47. The fourth-order valence-corrected chi connectivity index (χ4v) is 3.84. The minimum absolute atomic E-state index is 0.179. The summed E-state index contributed by atoms with van der Waals surface area (Å²) in [5, 5.41) is 0. The Morgan fingerprint density at radius 2 is 1.88 bits per heavy atom. The third-order valence-corrected chi connectivity index (χ3v) is 5.54. The molecule has 1 aromatic rings. The molecule has 2 aliphatic heterocycles. The lowest BCUT2D eigenvalue weighted by Gasteiger charge is -2.50. The molecule has 2 amide bonds. The quantitative estimate of drug-likeness (QED) is 0.833. The van der Waals surface area contributed by atoms with E-state index in [0.717, 1.165) is 32.2 Å². The number of hydrogen-bond acceptors (Lipinski definition) is 4. The van der Waals surface area contributed by atoms with Gasteiger partial charge in [0.05, 0.1) is 5.41 Å². The van der Waals surface area contributed by atoms with E-state index in [1.54, 1.807) is 4.90 Å². The topological polar surface area (TPSA) is 86.4 Å². The van der Waals surface area contributed by atoms with Gasteiger partial charge < -0.3 is 14.8 Å². The van der Waals surface area contributed by atoms with Crippen LogP contribution in [-0.4, -0.2) is 57.3 Å². The summed E-state index contributed by atoms with van der Waals surface area (Å²) in [6, 6.07) is 1.51. The molecule has 1 N–H and O–H groups in total. The molecule has 1 aromatic heterocycles. The van der Waals surface area contributed by atoms with Gasteiger partial charge in [-0.2, -0.15) is 0 Å². The largest absolute Gasteiger partial charge is 0.338 e. The number of aromatic amines is 1. The van der Waals surface area contributed by atoms with E-state index >= 15 is 0 Å². The van der Waals surface area contributed by atoms with Crippen molar-refractivity contribution in [3.05, 3.63) is 27.9 Å². The van der Waals surface area contributed by atoms with E-state index in [0.29, 0.717) is 24.8 Å². The molecule has 4 rings (SSSR count). The second-order valence-corrected chi connectivity index (χ2v) is 8.13. The van der Waals surface area contributed by atoms with Crippen LogP contribution in [0, 0.1) is 5.41 Å². The Hall–Kier alpha value is -2.18. The molecule has 134 valence electrons. The van der Waals surface area contributed by atoms with E-state index < -0.39 is 0 Å². The molecule has 1 saturated carbocycles. The lowest BCUT2D eigenvalue weighted by molar-refractivity contribution is -0.162. The number of likely N-dealkylation sites (tertiary alicyclic amines) is 2. The highest BCUT2D eigenvalue weighted by Crippen LogP contribution is 2.37. The molecule has 0 spiro atoms. The van der Waals surface area contributed by atoms with Gasteiger partial charge in [-0.15, -0.1) is 0 Å². The van der Waals surface area contributed by atoms with Gasteiger partial charge in [0.1, 0.15) is 11.5 Å². The Morgan fingerprint density at radius 1 is 1.20 bits per heavy atom. The van der Waals surface area contributed by atoms with Crippen molar-refractivity contribution in [3.63, 3.8) is 0 Å². The molecule has 3 fully saturated rings. The second-order valence-electron chi connectivity index (χ2n) is 8.13. The molecule has 0 bridgehead atoms. The minimum atomic E-state index is -0.261. The summed E-state index contributed by atoms with van der Waals surface area (Å²) >= 11 is 0. The molecule has 2 saturated heterocycles. The van der Waals surface area contributed by atoms with E-state index in [1.807, 2.05) is 18.7 Å². The molecule has 0 radical (unpaired) electrons. The van der Waals surface area contributed by atoms with Crippen molar-refractivity contribution in [1.29, 1.82) is 0 Å². The van der Waals surface area contributed by atoms with E-state index in [4.69, 9.17) is 0 Å². The van der Waals surface area contributed by atoms with Gasteiger partial charge in [0, 0.05) is 37.7 Å². The van der Waals surface area contributed by atoms with Crippen molar-refractivity contribution in [2.75, 3.05) is 19.6 Å². The monoisotopic (exact) mass is 344 g/mol. The number of hydrogen-bond donors (Lipinski definition) is 1. The van der Waals surface area contributed by atoms with Gasteiger partial charge in [-0.3, -0.25) is 14.4 Å². The molecule has 7 nitrogen and oxygen atoms in total. The Balaban J connectivity index is 1.40. The lowest BCUT2D eigenvalue weighted by atomic mass is 9.80. The first-order chi connectivity index (χ1) is 11.8. The predicted octanol–water partition coefficient (Wildman–Crippen LogP) is 1.12. The Kier molecular flexibility index (Phi) is 3.70. The van der Waals surface area contributed by atoms with Crippen molar-refractivity contribution >= 4 is 11.8 Å². The fourth-order valence-electron chi connectivity index (χ4n) is 3.84. The van der Waals surface area contributed by atoms with Crippen molar-refractivity contribution in [1.82, 2.24) is 19.8 Å². The average Bonchev–Trinajstić information content (AvgIpc) is 3.44. The maximum atomic E-state index is 12.7. The normalized spacial score (nSPS) is 23.5.